The maximum atomic E-state index is 9.35. The first-order valence-corrected chi connectivity index (χ1v) is 5.65. The van der Waals surface area contributed by atoms with Crippen LogP contribution in [0.3, 0.4) is 0 Å². The largest absolute Gasteiger partial charge is 0.390 e. The molecule has 1 atom stereocenters. The van der Waals surface area contributed by atoms with E-state index in [0.29, 0.717) is 19.1 Å². The summed E-state index contributed by atoms with van der Waals surface area (Å²) in [6.07, 6.45) is -0.298. The standard InChI is InChI=1S/C9H20O2S/c1-4-11-5-9(10)7-12-6-8(2)3/h8-10H,4-7H2,1-3H3. The normalized spacial score (nSPS) is 13.8. The van der Waals surface area contributed by atoms with Crippen molar-refractivity contribution < 1.29 is 9.84 Å². The molecule has 0 radical (unpaired) electrons. The van der Waals surface area contributed by atoms with Gasteiger partial charge in [0.1, 0.15) is 0 Å². The Labute approximate surface area is 79.7 Å². The molecule has 2 nitrogen and oxygen atoms in total. The molecule has 0 rings (SSSR count). The molecule has 0 aromatic rings. The summed E-state index contributed by atoms with van der Waals surface area (Å²) in [6.45, 7) is 7.46. The minimum Gasteiger partial charge on any atom is -0.390 e. The lowest BCUT2D eigenvalue weighted by molar-refractivity contribution is 0.0551. The minimum atomic E-state index is -0.298. The number of thioether (sulfide) groups is 1. The molecule has 0 aliphatic heterocycles. The fraction of sp³-hybridized carbons (Fsp3) is 1.00. The van der Waals surface area contributed by atoms with E-state index < -0.39 is 0 Å². The van der Waals surface area contributed by atoms with Crippen LogP contribution in [-0.2, 0) is 4.74 Å². The summed E-state index contributed by atoms with van der Waals surface area (Å²) in [6, 6.07) is 0. The Morgan fingerprint density at radius 2 is 2.00 bits per heavy atom. The van der Waals surface area contributed by atoms with Crippen LogP contribution in [0.5, 0.6) is 0 Å². The SMILES string of the molecule is CCOCC(O)CSCC(C)C. The maximum Gasteiger partial charge on any atom is 0.0863 e. The fourth-order valence-corrected chi connectivity index (χ4v) is 1.72. The molecule has 0 fully saturated rings. The van der Waals surface area contributed by atoms with Gasteiger partial charge in [-0.05, 0) is 18.6 Å². The average Bonchev–Trinajstić information content (AvgIpc) is 2.00. The molecular weight excluding hydrogens is 172 g/mol. The van der Waals surface area contributed by atoms with E-state index in [1.165, 1.54) is 0 Å². The van der Waals surface area contributed by atoms with Gasteiger partial charge in [0.15, 0.2) is 0 Å². The van der Waals surface area contributed by atoms with Crippen LogP contribution >= 0.6 is 11.8 Å². The minimum absolute atomic E-state index is 0.298. The predicted molar refractivity (Wildman–Crippen MR) is 54.7 cm³/mol. The van der Waals surface area contributed by atoms with E-state index in [9.17, 15) is 5.11 Å². The van der Waals surface area contributed by atoms with E-state index in [-0.39, 0.29) is 6.10 Å². The van der Waals surface area contributed by atoms with Crippen molar-refractivity contribution in [1.82, 2.24) is 0 Å². The number of ether oxygens (including phenoxy) is 1. The van der Waals surface area contributed by atoms with Crippen LogP contribution in [0.4, 0.5) is 0 Å². The second-order valence-electron chi connectivity index (χ2n) is 3.24. The van der Waals surface area contributed by atoms with Crippen LogP contribution in [0.1, 0.15) is 20.8 Å². The van der Waals surface area contributed by atoms with Crippen LogP contribution in [0, 0.1) is 5.92 Å². The Balaban J connectivity index is 3.13. The highest BCUT2D eigenvalue weighted by Crippen LogP contribution is 2.08. The van der Waals surface area contributed by atoms with Gasteiger partial charge in [-0.1, -0.05) is 13.8 Å². The van der Waals surface area contributed by atoms with Crippen molar-refractivity contribution in [2.24, 2.45) is 5.92 Å². The molecule has 3 heteroatoms. The molecule has 1 unspecified atom stereocenters. The number of hydrogen-bond acceptors (Lipinski definition) is 3. The summed E-state index contributed by atoms with van der Waals surface area (Å²) in [5, 5.41) is 9.35. The van der Waals surface area contributed by atoms with Crippen molar-refractivity contribution in [2.75, 3.05) is 24.7 Å². The Morgan fingerprint density at radius 3 is 2.50 bits per heavy atom. The van der Waals surface area contributed by atoms with Gasteiger partial charge < -0.3 is 9.84 Å². The van der Waals surface area contributed by atoms with E-state index in [1.54, 1.807) is 11.8 Å². The molecule has 0 amide bonds. The van der Waals surface area contributed by atoms with Gasteiger partial charge in [-0.3, -0.25) is 0 Å². The highest BCUT2D eigenvalue weighted by atomic mass is 32.2. The molecule has 0 aromatic carbocycles. The molecular formula is C9H20O2S. The Hall–Kier alpha value is 0.270. The number of rotatable bonds is 7. The number of aliphatic hydroxyl groups excluding tert-OH is 1. The van der Waals surface area contributed by atoms with Crippen molar-refractivity contribution in [1.29, 1.82) is 0 Å². The smallest absolute Gasteiger partial charge is 0.0863 e. The van der Waals surface area contributed by atoms with Crippen molar-refractivity contribution in [3.8, 4) is 0 Å². The van der Waals surface area contributed by atoms with Crippen LogP contribution in [0.25, 0.3) is 0 Å². The van der Waals surface area contributed by atoms with Crippen LogP contribution in [0.15, 0.2) is 0 Å². The molecule has 0 heterocycles. The summed E-state index contributed by atoms with van der Waals surface area (Å²) in [5.74, 6) is 2.61. The van der Waals surface area contributed by atoms with Crippen molar-refractivity contribution in [2.45, 2.75) is 26.9 Å². The zero-order valence-corrected chi connectivity index (χ0v) is 9.06. The molecule has 0 saturated heterocycles. The number of hydrogen-bond donors (Lipinski definition) is 1. The van der Waals surface area contributed by atoms with E-state index >= 15 is 0 Å². The molecule has 0 aliphatic rings. The zero-order chi connectivity index (χ0) is 9.40. The predicted octanol–water partition coefficient (Wildman–Crippen LogP) is 1.77. The van der Waals surface area contributed by atoms with E-state index in [2.05, 4.69) is 13.8 Å². The topological polar surface area (TPSA) is 29.5 Å². The summed E-state index contributed by atoms with van der Waals surface area (Å²) >= 11 is 1.79. The maximum absolute atomic E-state index is 9.35. The van der Waals surface area contributed by atoms with Gasteiger partial charge in [0, 0.05) is 12.4 Å². The van der Waals surface area contributed by atoms with Gasteiger partial charge >= 0.3 is 0 Å². The van der Waals surface area contributed by atoms with Crippen LogP contribution in [-0.4, -0.2) is 35.9 Å². The van der Waals surface area contributed by atoms with Crippen molar-refractivity contribution >= 4 is 11.8 Å². The van der Waals surface area contributed by atoms with Gasteiger partial charge in [-0.2, -0.15) is 11.8 Å². The summed E-state index contributed by atoms with van der Waals surface area (Å²) in [5.41, 5.74) is 0. The lowest BCUT2D eigenvalue weighted by Gasteiger charge is -2.10. The molecule has 0 bridgehead atoms. The monoisotopic (exact) mass is 192 g/mol. The molecule has 0 spiro atoms. The second kappa shape index (κ2) is 7.90. The van der Waals surface area contributed by atoms with E-state index in [1.807, 2.05) is 6.92 Å². The quantitative estimate of drug-likeness (QED) is 0.666. The molecule has 0 saturated carbocycles. The van der Waals surface area contributed by atoms with Crippen molar-refractivity contribution in [3.63, 3.8) is 0 Å². The molecule has 74 valence electrons. The van der Waals surface area contributed by atoms with Crippen LogP contribution in [0.2, 0.25) is 0 Å². The summed E-state index contributed by atoms with van der Waals surface area (Å²) in [4.78, 5) is 0. The molecule has 1 N–H and O–H groups in total. The number of aliphatic hydroxyl groups is 1. The van der Waals surface area contributed by atoms with Gasteiger partial charge in [0.25, 0.3) is 0 Å². The second-order valence-corrected chi connectivity index (χ2v) is 4.32. The third-order valence-electron chi connectivity index (χ3n) is 1.28. The fourth-order valence-electron chi connectivity index (χ4n) is 0.742. The van der Waals surface area contributed by atoms with Gasteiger partial charge in [-0.15, -0.1) is 0 Å². The highest BCUT2D eigenvalue weighted by molar-refractivity contribution is 7.99. The molecule has 0 aliphatic carbocycles. The van der Waals surface area contributed by atoms with Crippen LogP contribution < -0.4 is 0 Å². The Bertz CT molecular complexity index is 96.5. The third kappa shape index (κ3) is 8.37. The lowest BCUT2D eigenvalue weighted by atomic mass is 10.3. The van der Waals surface area contributed by atoms with E-state index in [4.69, 9.17) is 4.74 Å². The third-order valence-corrected chi connectivity index (χ3v) is 2.80. The average molecular weight is 192 g/mol. The first kappa shape index (κ1) is 12.3. The Kier molecular flexibility index (Phi) is 8.07. The first-order chi connectivity index (χ1) is 5.66. The van der Waals surface area contributed by atoms with Gasteiger partial charge in [-0.25, -0.2) is 0 Å². The van der Waals surface area contributed by atoms with Gasteiger partial charge in [0.05, 0.1) is 12.7 Å². The Morgan fingerprint density at radius 1 is 1.33 bits per heavy atom. The molecule has 12 heavy (non-hydrogen) atoms. The first-order valence-electron chi connectivity index (χ1n) is 4.50. The van der Waals surface area contributed by atoms with Crippen molar-refractivity contribution in [3.05, 3.63) is 0 Å². The lowest BCUT2D eigenvalue weighted by Crippen LogP contribution is -2.18. The van der Waals surface area contributed by atoms with Gasteiger partial charge in [0.2, 0.25) is 0 Å². The highest BCUT2D eigenvalue weighted by Gasteiger charge is 2.04. The summed E-state index contributed by atoms with van der Waals surface area (Å²) in [7, 11) is 0. The molecule has 0 aromatic heterocycles. The zero-order valence-electron chi connectivity index (χ0n) is 8.25. The van der Waals surface area contributed by atoms with E-state index in [0.717, 1.165) is 11.5 Å². The summed E-state index contributed by atoms with van der Waals surface area (Å²) < 4.78 is 5.09.